The number of carbonyl (C=O) groups is 1. The summed E-state index contributed by atoms with van der Waals surface area (Å²) < 4.78 is 5.84. The van der Waals surface area contributed by atoms with Gasteiger partial charge >= 0.3 is 0 Å². The zero-order valence-electron chi connectivity index (χ0n) is 17.0. The molecule has 1 amide bonds. The highest BCUT2D eigenvalue weighted by Crippen LogP contribution is 2.30. The van der Waals surface area contributed by atoms with Gasteiger partial charge in [-0.15, -0.1) is 0 Å². The van der Waals surface area contributed by atoms with E-state index in [1.165, 1.54) is 5.56 Å². The number of hydrogen-bond donors (Lipinski definition) is 2. The summed E-state index contributed by atoms with van der Waals surface area (Å²) in [5.41, 5.74) is 9.56. The van der Waals surface area contributed by atoms with Crippen LogP contribution in [0.3, 0.4) is 0 Å². The predicted molar refractivity (Wildman–Crippen MR) is 118 cm³/mol. The number of nitrogens with zero attached hydrogens (tertiary/aromatic N) is 1. The summed E-state index contributed by atoms with van der Waals surface area (Å²) in [5.74, 6) is 0.498. The van der Waals surface area contributed by atoms with Crippen molar-refractivity contribution < 1.29 is 14.0 Å². The number of hydrogen-bond acceptors (Lipinski definition) is 4. The summed E-state index contributed by atoms with van der Waals surface area (Å²) >= 11 is 0. The van der Waals surface area contributed by atoms with Gasteiger partial charge in [-0.1, -0.05) is 30.3 Å². The van der Waals surface area contributed by atoms with Crippen LogP contribution in [0.15, 0.2) is 52.9 Å². The van der Waals surface area contributed by atoms with Crippen LogP contribution in [-0.2, 0) is 6.54 Å². The van der Waals surface area contributed by atoms with Crippen molar-refractivity contribution in [2.24, 2.45) is 5.73 Å². The fourth-order valence-corrected chi connectivity index (χ4v) is 4.97. The van der Waals surface area contributed by atoms with Crippen LogP contribution in [0.1, 0.15) is 40.2 Å². The highest BCUT2D eigenvalue weighted by atomic mass is 28.4. The van der Waals surface area contributed by atoms with E-state index < -0.39 is 8.32 Å². The van der Waals surface area contributed by atoms with Gasteiger partial charge in [0.1, 0.15) is 11.0 Å². The Bertz CT molecular complexity index is 1030. The fraction of sp³-hybridized carbons (Fsp3) is 0.348. The van der Waals surface area contributed by atoms with Crippen molar-refractivity contribution in [3.63, 3.8) is 0 Å². The third kappa shape index (κ3) is 4.01. The van der Waals surface area contributed by atoms with E-state index in [4.69, 9.17) is 10.2 Å². The van der Waals surface area contributed by atoms with Gasteiger partial charge in [-0.05, 0) is 61.2 Å². The minimum atomic E-state index is -2.57. The van der Waals surface area contributed by atoms with E-state index in [0.717, 1.165) is 36.9 Å². The van der Waals surface area contributed by atoms with E-state index in [2.05, 4.69) is 24.3 Å². The summed E-state index contributed by atoms with van der Waals surface area (Å²) in [5, 5.41) is 1.39. The van der Waals surface area contributed by atoms with E-state index in [-0.39, 0.29) is 5.91 Å². The maximum absolute atomic E-state index is 13.2. The van der Waals surface area contributed by atoms with E-state index in [1.54, 1.807) is 0 Å². The van der Waals surface area contributed by atoms with Crippen molar-refractivity contribution >= 4 is 30.6 Å². The second-order valence-corrected chi connectivity index (χ2v) is 12.0. The van der Waals surface area contributed by atoms with E-state index in [9.17, 15) is 9.59 Å². The van der Waals surface area contributed by atoms with Gasteiger partial charge in [0, 0.05) is 25.0 Å². The molecule has 152 valence electrons. The molecule has 0 radical (unpaired) electrons. The Labute approximate surface area is 172 Å². The highest BCUT2D eigenvalue weighted by Gasteiger charge is 2.29. The first kappa shape index (κ1) is 19.9. The second kappa shape index (κ2) is 7.78. The lowest BCUT2D eigenvalue weighted by Crippen LogP contribution is -2.40. The molecule has 1 aliphatic heterocycles. The Morgan fingerprint density at radius 1 is 1.17 bits per heavy atom. The first-order valence-electron chi connectivity index (χ1n) is 10.2. The summed E-state index contributed by atoms with van der Waals surface area (Å²) in [4.78, 5) is 25.6. The molecule has 0 aliphatic carbocycles. The van der Waals surface area contributed by atoms with E-state index in [0.29, 0.717) is 29.0 Å². The van der Waals surface area contributed by atoms with Crippen LogP contribution < -0.4 is 11.1 Å². The Morgan fingerprint density at radius 3 is 2.59 bits per heavy atom. The van der Waals surface area contributed by atoms with Gasteiger partial charge in [0.25, 0.3) is 14.2 Å². The average Bonchev–Trinajstić information content (AvgIpc) is 3.18. The number of piperidine rings is 1. The number of furan rings is 1. The molecule has 29 heavy (non-hydrogen) atoms. The second-order valence-electron chi connectivity index (χ2n) is 8.40. The molecule has 2 heterocycles. The molecule has 0 unspecified atom stereocenters. The van der Waals surface area contributed by atoms with Crippen LogP contribution in [0, 0.1) is 0 Å². The smallest absolute Gasteiger partial charge is 0.254 e. The lowest BCUT2D eigenvalue weighted by Gasteiger charge is -2.32. The minimum absolute atomic E-state index is 0.0366. The first-order valence-corrected chi connectivity index (χ1v) is 13.1. The Balaban J connectivity index is 1.52. The van der Waals surface area contributed by atoms with Gasteiger partial charge in [0.2, 0.25) is 0 Å². The maximum Gasteiger partial charge on any atom is 0.254 e. The summed E-state index contributed by atoms with van der Waals surface area (Å²) in [6.07, 6.45) is 1.89. The third-order valence-corrected chi connectivity index (χ3v) is 7.29. The zero-order chi connectivity index (χ0) is 20.6. The zero-order valence-corrected chi connectivity index (χ0v) is 18.0. The van der Waals surface area contributed by atoms with Crippen molar-refractivity contribution in [1.29, 1.82) is 0 Å². The molecular formula is C23H28N2O3Si. The Hall–Kier alpha value is -2.41. The fourth-order valence-electron chi connectivity index (χ4n) is 4.11. The summed E-state index contributed by atoms with van der Waals surface area (Å²) in [6.45, 7) is 5.65. The van der Waals surface area contributed by atoms with Crippen LogP contribution in [0.2, 0.25) is 13.1 Å². The summed E-state index contributed by atoms with van der Waals surface area (Å²) in [7, 11) is -2.57. The molecule has 2 aromatic carbocycles. The quantitative estimate of drug-likeness (QED) is 0.649. The van der Waals surface area contributed by atoms with Crippen LogP contribution >= 0.6 is 0 Å². The van der Waals surface area contributed by atoms with Crippen molar-refractivity contribution in [3.8, 4) is 0 Å². The van der Waals surface area contributed by atoms with Gasteiger partial charge in [-0.3, -0.25) is 4.79 Å². The van der Waals surface area contributed by atoms with Gasteiger partial charge in [-0.25, -0.2) is 0 Å². The van der Waals surface area contributed by atoms with Crippen molar-refractivity contribution in [1.82, 2.24) is 4.90 Å². The van der Waals surface area contributed by atoms with Crippen molar-refractivity contribution in [3.05, 3.63) is 65.2 Å². The Kier molecular flexibility index (Phi) is 5.33. The molecule has 0 saturated carbocycles. The SMILES string of the molecule is C[Si](C)(O)c1cc2c(C(=O)N3CCC(c4cccc(CN)c4)CC3)cccc2o1. The van der Waals surface area contributed by atoms with Gasteiger partial charge in [0.05, 0.1) is 5.56 Å². The van der Waals surface area contributed by atoms with Gasteiger partial charge in [-0.2, -0.15) is 0 Å². The number of nitrogens with two attached hydrogens (primary N) is 1. The number of benzene rings is 2. The number of amides is 1. The lowest BCUT2D eigenvalue weighted by atomic mass is 9.88. The van der Waals surface area contributed by atoms with Crippen molar-refractivity contribution in [2.75, 3.05) is 13.1 Å². The molecule has 0 atom stereocenters. The van der Waals surface area contributed by atoms with Gasteiger partial charge in [0.15, 0.2) is 0 Å². The van der Waals surface area contributed by atoms with Crippen molar-refractivity contribution in [2.45, 2.75) is 38.4 Å². The number of fused-ring (bicyclic) bond motifs is 1. The first-order chi connectivity index (χ1) is 13.9. The number of carbonyl (C=O) groups excluding carboxylic acids is 1. The van der Waals surface area contributed by atoms with Crippen LogP contribution in [0.5, 0.6) is 0 Å². The molecule has 6 heteroatoms. The monoisotopic (exact) mass is 408 g/mol. The highest BCUT2D eigenvalue weighted by molar-refractivity contribution is 6.82. The summed E-state index contributed by atoms with van der Waals surface area (Å²) in [6, 6.07) is 15.9. The standard InChI is InChI=1S/C23H28N2O3Si/c1-29(2,27)22-14-20-19(7-4-8-21(20)28-22)23(26)25-11-9-17(10-12-25)18-6-3-5-16(13-18)15-24/h3-8,13-14,17,27H,9-12,15,24H2,1-2H3. The topological polar surface area (TPSA) is 79.7 Å². The molecular weight excluding hydrogens is 380 g/mol. The molecule has 3 N–H and O–H groups in total. The largest absolute Gasteiger partial charge is 0.463 e. The van der Waals surface area contributed by atoms with Crippen LogP contribution in [0.25, 0.3) is 11.0 Å². The number of rotatable bonds is 4. The molecule has 1 aliphatic rings. The molecule has 1 aromatic heterocycles. The van der Waals surface area contributed by atoms with Gasteiger partial charge < -0.3 is 19.8 Å². The Morgan fingerprint density at radius 2 is 1.90 bits per heavy atom. The molecule has 1 saturated heterocycles. The molecule has 0 spiro atoms. The van der Waals surface area contributed by atoms with Crippen LogP contribution in [0.4, 0.5) is 0 Å². The molecule has 3 aromatic rings. The number of likely N-dealkylation sites (tertiary alicyclic amines) is 1. The molecule has 1 fully saturated rings. The maximum atomic E-state index is 13.2. The average molecular weight is 409 g/mol. The molecule has 5 nitrogen and oxygen atoms in total. The molecule has 0 bridgehead atoms. The predicted octanol–water partition coefficient (Wildman–Crippen LogP) is 3.32. The third-order valence-electron chi connectivity index (χ3n) is 5.84. The lowest BCUT2D eigenvalue weighted by molar-refractivity contribution is 0.0715. The normalized spacial score (nSPS) is 15.8. The minimum Gasteiger partial charge on any atom is -0.463 e. The molecule has 4 rings (SSSR count). The van der Waals surface area contributed by atoms with E-state index >= 15 is 0 Å². The van der Waals surface area contributed by atoms with Crippen LogP contribution in [-0.4, -0.2) is 37.0 Å². The van der Waals surface area contributed by atoms with E-state index in [1.807, 2.05) is 42.3 Å².